The monoisotopic (exact) mass is 233 g/mol. The van der Waals surface area contributed by atoms with Gasteiger partial charge in [0.1, 0.15) is 5.54 Å². The van der Waals surface area contributed by atoms with Gasteiger partial charge in [0, 0.05) is 6.04 Å². The number of halogens is 1. The Hall–Kier alpha value is -0.280. The maximum atomic E-state index is 11.2. The molecule has 0 amide bonds. The third-order valence-electron chi connectivity index (χ3n) is 4.27. The van der Waals surface area contributed by atoms with Gasteiger partial charge in [-0.15, -0.1) is 12.4 Å². The van der Waals surface area contributed by atoms with Crippen LogP contribution in [0.3, 0.4) is 0 Å². The maximum Gasteiger partial charge on any atom is 0.323 e. The summed E-state index contributed by atoms with van der Waals surface area (Å²) in [5.74, 6) is -0.0377. The smallest absolute Gasteiger partial charge is 0.323 e. The molecule has 1 aliphatic heterocycles. The average molecular weight is 234 g/mol. The van der Waals surface area contributed by atoms with E-state index in [1.165, 1.54) is 25.7 Å². The van der Waals surface area contributed by atoms with E-state index in [9.17, 15) is 9.90 Å². The van der Waals surface area contributed by atoms with Crippen LogP contribution in [0, 0.1) is 5.92 Å². The molecule has 0 aromatic carbocycles. The predicted molar refractivity (Wildman–Crippen MR) is 61.4 cm³/mol. The number of likely N-dealkylation sites (N-methyl/N-ethyl adjacent to an activating group) is 1. The van der Waals surface area contributed by atoms with Crippen molar-refractivity contribution in [3.8, 4) is 0 Å². The summed E-state index contributed by atoms with van der Waals surface area (Å²) in [5.41, 5.74) is -0.611. The van der Waals surface area contributed by atoms with E-state index in [2.05, 4.69) is 4.90 Å². The molecule has 0 aromatic heterocycles. The number of likely N-dealkylation sites (tertiary alicyclic amines) is 1. The Balaban J connectivity index is 0.00000112. The van der Waals surface area contributed by atoms with Gasteiger partial charge in [-0.1, -0.05) is 12.8 Å². The number of aliphatic carboxylic acids is 1. The highest BCUT2D eigenvalue weighted by atomic mass is 35.5. The van der Waals surface area contributed by atoms with Gasteiger partial charge in [-0.05, 0) is 39.2 Å². The highest BCUT2D eigenvalue weighted by Crippen LogP contribution is 2.43. The third-order valence-corrected chi connectivity index (χ3v) is 4.27. The summed E-state index contributed by atoms with van der Waals surface area (Å²) in [5, 5.41) is 9.25. The van der Waals surface area contributed by atoms with Gasteiger partial charge in [-0.2, -0.15) is 0 Å². The number of nitrogens with zero attached hydrogens (tertiary/aromatic N) is 1. The van der Waals surface area contributed by atoms with Gasteiger partial charge < -0.3 is 5.11 Å². The molecular weight excluding hydrogens is 214 g/mol. The summed E-state index contributed by atoms with van der Waals surface area (Å²) in [6.45, 7) is 1.87. The molecule has 15 heavy (non-hydrogen) atoms. The Labute approximate surface area is 97.2 Å². The SMILES string of the molecule is CN1[C@H]2CCCC[C@H]2C[C@]1(C)C(=O)O.Cl. The molecule has 88 valence electrons. The molecule has 1 saturated heterocycles. The van der Waals surface area contributed by atoms with Crippen LogP contribution in [0.4, 0.5) is 0 Å². The van der Waals surface area contributed by atoms with Gasteiger partial charge in [0.05, 0.1) is 0 Å². The van der Waals surface area contributed by atoms with Crippen LogP contribution >= 0.6 is 12.4 Å². The van der Waals surface area contributed by atoms with Gasteiger partial charge in [0.2, 0.25) is 0 Å². The van der Waals surface area contributed by atoms with Crippen molar-refractivity contribution in [2.45, 2.75) is 50.6 Å². The van der Waals surface area contributed by atoms with Gasteiger partial charge in [-0.25, -0.2) is 0 Å². The second-order valence-electron chi connectivity index (χ2n) is 5.01. The number of carboxylic acids is 1. The Morgan fingerprint density at radius 1 is 1.40 bits per heavy atom. The summed E-state index contributed by atoms with van der Waals surface area (Å²) in [6, 6.07) is 0.518. The molecular formula is C11H20ClNO2. The van der Waals surface area contributed by atoms with Crippen LogP contribution in [0.1, 0.15) is 39.0 Å². The van der Waals surface area contributed by atoms with E-state index in [0.29, 0.717) is 12.0 Å². The lowest BCUT2D eigenvalue weighted by Crippen LogP contribution is -2.48. The molecule has 2 rings (SSSR count). The van der Waals surface area contributed by atoms with Crippen LogP contribution in [0.5, 0.6) is 0 Å². The fraction of sp³-hybridized carbons (Fsp3) is 0.909. The second-order valence-corrected chi connectivity index (χ2v) is 5.01. The number of carboxylic acid groups (broad SMARTS) is 1. The van der Waals surface area contributed by atoms with E-state index in [-0.39, 0.29) is 12.4 Å². The lowest BCUT2D eigenvalue weighted by molar-refractivity contribution is -0.148. The lowest BCUT2D eigenvalue weighted by atomic mass is 9.83. The van der Waals surface area contributed by atoms with Crippen LogP contribution in [-0.2, 0) is 4.79 Å². The predicted octanol–water partition coefficient (Wildman–Crippen LogP) is 2.15. The summed E-state index contributed by atoms with van der Waals surface area (Å²) in [4.78, 5) is 13.3. The van der Waals surface area contributed by atoms with E-state index in [1.807, 2.05) is 14.0 Å². The molecule has 1 aliphatic carbocycles. The van der Waals surface area contributed by atoms with Gasteiger partial charge in [-0.3, -0.25) is 9.69 Å². The Kier molecular flexibility index (Phi) is 3.67. The van der Waals surface area contributed by atoms with Crippen LogP contribution < -0.4 is 0 Å². The highest BCUT2D eigenvalue weighted by Gasteiger charge is 2.51. The molecule has 1 saturated carbocycles. The van der Waals surface area contributed by atoms with Crippen molar-refractivity contribution < 1.29 is 9.90 Å². The first kappa shape index (κ1) is 12.8. The minimum atomic E-state index is -0.658. The van der Waals surface area contributed by atoms with Gasteiger partial charge in [0.15, 0.2) is 0 Å². The number of fused-ring (bicyclic) bond motifs is 1. The van der Waals surface area contributed by atoms with E-state index in [0.717, 1.165) is 6.42 Å². The highest BCUT2D eigenvalue weighted by molar-refractivity contribution is 5.85. The molecule has 0 aromatic rings. The largest absolute Gasteiger partial charge is 0.480 e. The minimum Gasteiger partial charge on any atom is -0.480 e. The molecule has 3 nitrogen and oxygen atoms in total. The fourth-order valence-electron chi connectivity index (χ4n) is 3.19. The fourth-order valence-corrected chi connectivity index (χ4v) is 3.19. The Bertz CT molecular complexity index is 259. The zero-order valence-corrected chi connectivity index (χ0v) is 10.2. The first-order valence-electron chi connectivity index (χ1n) is 5.52. The number of hydrogen-bond acceptors (Lipinski definition) is 2. The molecule has 4 heteroatoms. The van der Waals surface area contributed by atoms with Crippen LogP contribution in [-0.4, -0.2) is 34.6 Å². The standard InChI is InChI=1S/C11H19NO2.ClH/c1-11(10(13)14)7-8-5-3-4-6-9(8)12(11)2;/h8-9H,3-7H2,1-2H3,(H,13,14);1H/t8-,9-,11+;/m0./s1. The number of hydrogen-bond donors (Lipinski definition) is 1. The third kappa shape index (κ3) is 1.87. The van der Waals surface area contributed by atoms with Crippen molar-refractivity contribution in [3.05, 3.63) is 0 Å². The van der Waals surface area contributed by atoms with Crippen LogP contribution in [0.25, 0.3) is 0 Å². The second kappa shape index (κ2) is 4.30. The summed E-state index contributed by atoms with van der Waals surface area (Å²) in [6.07, 6.45) is 5.79. The quantitative estimate of drug-likeness (QED) is 0.755. The molecule has 0 spiro atoms. The van der Waals surface area contributed by atoms with Crippen LogP contribution in [0.2, 0.25) is 0 Å². The minimum absolute atomic E-state index is 0. The molecule has 0 bridgehead atoms. The molecule has 0 unspecified atom stereocenters. The number of rotatable bonds is 1. The topological polar surface area (TPSA) is 40.5 Å². The number of carbonyl (C=O) groups is 1. The van der Waals surface area contributed by atoms with Crippen molar-refractivity contribution in [2.24, 2.45) is 5.92 Å². The van der Waals surface area contributed by atoms with E-state index in [4.69, 9.17) is 0 Å². The maximum absolute atomic E-state index is 11.2. The van der Waals surface area contributed by atoms with Crippen molar-refractivity contribution in [2.75, 3.05) is 7.05 Å². The molecule has 2 aliphatic rings. The van der Waals surface area contributed by atoms with Crippen LogP contribution in [0.15, 0.2) is 0 Å². The first-order valence-corrected chi connectivity index (χ1v) is 5.52. The Morgan fingerprint density at radius 3 is 2.53 bits per heavy atom. The Morgan fingerprint density at radius 2 is 2.00 bits per heavy atom. The summed E-state index contributed by atoms with van der Waals surface area (Å²) < 4.78 is 0. The van der Waals surface area contributed by atoms with Gasteiger partial charge in [0.25, 0.3) is 0 Å². The zero-order chi connectivity index (χ0) is 10.3. The van der Waals surface area contributed by atoms with Gasteiger partial charge >= 0.3 is 5.97 Å². The average Bonchev–Trinajstić information content (AvgIpc) is 2.42. The van der Waals surface area contributed by atoms with Crippen molar-refractivity contribution in [1.82, 2.24) is 4.90 Å². The van der Waals surface area contributed by atoms with Crippen molar-refractivity contribution in [1.29, 1.82) is 0 Å². The van der Waals surface area contributed by atoms with Crippen molar-refractivity contribution in [3.63, 3.8) is 0 Å². The van der Waals surface area contributed by atoms with E-state index in [1.54, 1.807) is 0 Å². The molecule has 0 radical (unpaired) electrons. The molecule has 3 atom stereocenters. The zero-order valence-electron chi connectivity index (χ0n) is 9.40. The molecule has 1 N–H and O–H groups in total. The summed E-state index contributed by atoms with van der Waals surface area (Å²) >= 11 is 0. The molecule has 1 heterocycles. The first-order chi connectivity index (χ1) is 6.55. The summed E-state index contributed by atoms with van der Waals surface area (Å²) in [7, 11) is 1.98. The normalized spacial score (nSPS) is 40.7. The van der Waals surface area contributed by atoms with Crippen molar-refractivity contribution >= 4 is 18.4 Å². The molecule has 2 fully saturated rings. The van der Waals surface area contributed by atoms with E-state index >= 15 is 0 Å². The lowest BCUT2D eigenvalue weighted by Gasteiger charge is -2.33. The van der Waals surface area contributed by atoms with E-state index < -0.39 is 11.5 Å².